The summed E-state index contributed by atoms with van der Waals surface area (Å²) < 4.78 is 0. The summed E-state index contributed by atoms with van der Waals surface area (Å²) in [7, 11) is 0. The minimum absolute atomic E-state index is 0.00357. The van der Waals surface area contributed by atoms with Gasteiger partial charge in [-0.1, -0.05) is 12.1 Å². The fourth-order valence-electron chi connectivity index (χ4n) is 2.54. The van der Waals surface area contributed by atoms with E-state index in [1.54, 1.807) is 6.07 Å². The van der Waals surface area contributed by atoms with Crippen molar-refractivity contribution >= 4 is 11.9 Å². The molecule has 1 fully saturated rings. The molecule has 2 N–H and O–H groups in total. The number of amides is 1. The number of carboxylic acids is 1. The van der Waals surface area contributed by atoms with Crippen LogP contribution in [0.3, 0.4) is 0 Å². The second kappa shape index (κ2) is 5.03. The molecule has 102 valence electrons. The van der Waals surface area contributed by atoms with Crippen LogP contribution in [-0.4, -0.2) is 22.5 Å². The number of carbonyl (C=O) groups excluding carboxylic acids is 1. The summed E-state index contributed by atoms with van der Waals surface area (Å²) in [5.41, 5.74) is 2.11. The first-order valence-corrected chi connectivity index (χ1v) is 6.54. The van der Waals surface area contributed by atoms with Crippen molar-refractivity contribution < 1.29 is 14.7 Å². The lowest BCUT2D eigenvalue weighted by Crippen LogP contribution is -2.54. The van der Waals surface area contributed by atoms with E-state index in [-0.39, 0.29) is 12.3 Å². The fourth-order valence-corrected chi connectivity index (χ4v) is 2.54. The molecule has 19 heavy (non-hydrogen) atoms. The van der Waals surface area contributed by atoms with Crippen molar-refractivity contribution in [2.45, 2.75) is 45.1 Å². The average Bonchev–Trinajstić information content (AvgIpc) is 2.29. The van der Waals surface area contributed by atoms with Gasteiger partial charge in [0.2, 0.25) is 0 Å². The Morgan fingerprint density at radius 3 is 2.53 bits per heavy atom. The second-order valence-corrected chi connectivity index (χ2v) is 5.41. The predicted octanol–water partition coefficient (Wildman–Crippen LogP) is 2.43. The van der Waals surface area contributed by atoms with E-state index in [1.165, 1.54) is 0 Å². The average molecular weight is 261 g/mol. The lowest BCUT2D eigenvalue weighted by Gasteiger charge is -2.41. The van der Waals surface area contributed by atoms with Crippen molar-refractivity contribution in [3.05, 3.63) is 34.9 Å². The zero-order chi connectivity index (χ0) is 14.0. The van der Waals surface area contributed by atoms with Gasteiger partial charge in [0.15, 0.2) is 0 Å². The zero-order valence-electron chi connectivity index (χ0n) is 11.3. The van der Waals surface area contributed by atoms with Gasteiger partial charge in [-0.2, -0.15) is 0 Å². The van der Waals surface area contributed by atoms with E-state index in [0.717, 1.165) is 30.4 Å². The number of aryl methyl sites for hydroxylation is 1. The minimum atomic E-state index is -0.860. The van der Waals surface area contributed by atoms with Crippen LogP contribution in [0.5, 0.6) is 0 Å². The lowest BCUT2D eigenvalue weighted by molar-refractivity contribution is -0.139. The summed E-state index contributed by atoms with van der Waals surface area (Å²) in [6, 6.07) is 5.59. The van der Waals surface area contributed by atoms with Crippen LogP contribution in [0.1, 0.15) is 47.2 Å². The Hall–Kier alpha value is -1.84. The van der Waals surface area contributed by atoms with E-state index in [4.69, 9.17) is 5.11 Å². The highest BCUT2D eigenvalue weighted by molar-refractivity contribution is 5.96. The number of rotatable bonds is 4. The summed E-state index contributed by atoms with van der Waals surface area (Å²) >= 11 is 0. The highest BCUT2D eigenvalue weighted by atomic mass is 16.4. The van der Waals surface area contributed by atoms with Gasteiger partial charge < -0.3 is 10.4 Å². The highest BCUT2D eigenvalue weighted by Crippen LogP contribution is 2.35. The predicted molar refractivity (Wildman–Crippen MR) is 72.2 cm³/mol. The highest BCUT2D eigenvalue weighted by Gasteiger charge is 2.40. The molecule has 0 aliphatic heterocycles. The molecular formula is C15H19NO3. The van der Waals surface area contributed by atoms with Crippen LogP contribution in [-0.2, 0) is 4.79 Å². The van der Waals surface area contributed by atoms with Crippen LogP contribution in [0.2, 0.25) is 0 Å². The van der Waals surface area contributed by atoms with Crippen molar-refractivity contribution in [3.63, 3.8) is 0 Å². The molecule has 1 amide bonds. The quantitative estimate of drug-likeness (QED) is 0.874. The molecule has 0 heterocycles. The summed E-state index contributed by atoms with van der Waals surface area (Å²) in [4.78, 5) is 23.2. The number of nitrogens with one attached hydrogen (secondary N) is 1. The molecule has 0 spiro atoms. The number of hydrogen-bond acceptors (Lipinski definition) is 2. The van der Waals surface area contributed by atoms with Gasteiger partial charge in [-0.05, 0) is 50.3 Å². The Balaban J connectivity index is 2.16. The van der Waals surface area contributed by atoms with E-state index < -0.39 is 11.5 Å². The molecule has 1 aliphatic rings. The Morgan fingerprint density at radius 2 is 2.00 bits per heavy atom. The lowest BCUT2D eigenvalue weighted by atomic mass is 9.74. The monoisotopic (exact) mass is 261 g/mol. The zero-order valence-corrected chi connectivity index (χ0v) is 11.3. The van der Waals surface area contributed by atoms with E-state index in [2.05, 4.69) is 5.32 Å². The third-order valence-electron chi connectivity index (χ3n) is 4.03. The molecule has 0 atom stereocenters. The molecule has 2 rings (SSSR count). The van der Waals surface area contributed by atoms with Gasteiger partial charge in [0, 0.05) is 5.56 Å². The topological polar surface area (TPSA) is 66.4 Å². The molecule has 0 unspecified atom stereocenters. The van der Waals surface area contributed by atoms with Crippen LogP contribution < -0.4 is 5.32 Å². The number of hydrogen-bond donors (Lipinski definition) is 2. The van der Waals surface area contributed by atoms with Crippen LogP contribution in [0.25, 0.3) is 0 Å². The maximum Gasteiger partial charge on any atom is 0.305 e. The Kier molecular flexibility index (Phi) is 3.60. The fraction of sp³-hybridized carbons (Fsp3) is 0.467. The third kappa shape index (κ3) is 2.78. The number of carboxylic acid groups (broad SMARTS) is 1. The Bertz CT molecular complexity index is 518. The van der Waals surface area contributed by atoms with Crippen LogP contribution in [0.4, 0.5) is 0 Å². The van der Waals surface area contributed by atoms with Gasteiger partial charge >= 0.3 is 5.97 Å². The largest absolute Gasteiger partial charge is 0.481 e. The van der Waals surface area contributed by atoms with Gasteiger partial charge in [0.25, 0.3) is 5.91 Å². The van der Waals surface area contributed by atoms with Crippen molar-refractivity contribution in [1.82, 2.24) is 5.32 Å². The molecule has 1 aromatic carbocycles. The number of carbonyl (C=O) groups is 2. The van der Waals surface area contributed by atoms with Gasteiger partial charge in [-0.15, -0.1) is 0 Å². The third-order valence-corrected chi connectivity index (χ3v) is 4.03. The molecule has 1 aliphatic carbocycles. The molecule has 0 bridgehead atoms. The summed E-state index contributed by atoms with van der Waals surface area (Å²) in [5, 5.41) is 11.9. The number of benzene rings is 1. The first kappa shape index (κ1) is 13.6. The molecular weight excluding hydrogens is 242 g/mol. The molecule has 1 aromatic rings. The minimum Gasteiger partial charge on any atom is -0.481 e. The molecule has 0 aromatic heterocycles. The first-order chi connectivity index (χ1) is 8.93. The van der Waals surface area contributed by atoms with E-state index >= 15 is 0 Å². The van der Waals surface area contributed by atoms with Crippen molar-refractivity contribution in [3.8, 4) is 0 Å². The van der Waals surface area contributed by atoms with Crippen LogP contribution in [0.15, 0.2) is 18.2 Å². The number of aliphatic carboxylic acids is 1. The van der Waals surface area contributed by atoms with E-state index in [9.17, 15) is 9.59 Å². The van der Waals surface area contributed by atoms with Crippen LogP contribution >= 0.6 is 0 Å². The van der Waals surface area contributed by atoms with Gasteiger partial charge in [-0.25, -0.2) is 0 Å². The summed E-state index contributed by atoms with van der Waals surface area (Å²) in [6.45, 7) is 3.87. The molecule has 4 nitrogen and oxygen atoms in total. The molecule has 4 heteroatoms. The molecule has 0 radical (unpaired) electrons. The summed E-state index contributed by atoms with van der Waals surface area (Å²) in [6.07, 6.45) is 2.47. The molecule has 0 saturated heterocycles. The second-order valence-electron chi connectivity index (χ2n) is 5.41. The van der Waals surface area contributed by atoms with Gasteiger partial charge in [0.05, 0.1) is 12.0 Å². The normalized spacial score (nSPS) is 16.5. The van der Waals surface area contributed by atoms with Crippen molar-refractivity contribution in [2.75, 3.05) is 0 Å². The summed E-state index contributed by atoms with van der Waals surface area (Å²) in [5.74, 6) is -1.02. The van der Waals surface area contributed by atoms with Crippen molar-refractivity contribution in [1.29, 1.82) is 0 Å². The van der Waals surface area contributed by atoms with Crippen LogP contribution in [0, 0.1) is 13.8 Å². The first-order valence-electron chi connectivity index (χ1n) is 6.54. The Labute approximate surface area is 112 Å². The smallest absolute Gasteiger partial charge is 0.305 e. The maximum absolute atomic E-state index is 12.3. The van der Waals surface area contributed by atoms with Gasteiger partial charge in [-0.3, -0.25) is 9.59 Å². The standard InChI is InChI=1S/C15H19NO3/c1-10-5-3-6-12(11(10)2)14(19)16-15(7-4-8-15)9-13(17)18/h3,5-6H,4,7-9H2,1-2H3,(H,16,19)(H,17,18). The Morgan fingerprint density at radius 1 is 1.32 bits per heavy atom. The van der Waals surface area contributed by atoms with Gasteiger partial charge in [0.1, 0.15) is 0 Å². The maximum atomic E-state index is 12.3. The van der Waals surface area contributed by atoms with E-state index in [1.807, 2.05) is 26.0 Å². The van der Waals surface area contributed by atoms with Crippen molar-refractivity contribution in [2.24, 2.45) is 0 Å². The van der Waals surface area contributed by atoms with E-state index in [0.29, 0.717) is 5.56 Å². The SMILES string of the molecule is Cc1cccc(C(=O)NC2(CC(=O)O)CCC2)c1C. The molecule has 1 saturated carbocycles.